The molecule has 0 atom stereocenters. The minimum Gasteiger partial charge on any atom is -0.493 e. The van der Waals surface area contributed by atoms with Gasteiger partial charge in [-0.15, -0.1) is 0 Å². The first-order valence-corrected chi connectivity index (χ1v) is 4.72. The summed E-state index contributed by atoms with van der Waals surface area (Å²) in [5.41, 5.74) is 0.217. The summed E-state index contributed by atoms with van der Waals surface area (Å²) in [4.78, 5) is 21.7. The van der Waals surface area contributed by atoms with Gasteiger partial charge in [0.1, 0.15) is 0 Å². The van der Waals surface area contributed by atoms with Crippen molar-refractivity contribution in [1.82, 2.24) is 0 Å². The number of methoxy groups -OCH3 is 1. The molecule has 5 nitrogen and oxygen atoms in total. The maximum atomic E-state index is 10.9. The number of benzene rings is 1. The molecular formula is C10H10ClNO4. The van der Waals surface area contributed by atoms with Crippen molar-refractivity contribution in [2.45, 2.75) is 6.92 Å². The van der Waals surface area contributed by atoms with E-state index < -0.39 is 5.97 Å². The zero-order valence-electron chi connectivity index (χ0n) is 8.70. The maximum absolute atomic E-state index is 10.9. The molecule has 0 saturated heterocycles. The molecule has 0 aromatic heterocycles. The summed E-state index contributed by atoms with van der Waals surface area (Å²) in [6, 6.07) is 2.54. The van der Waals surface area contributed by atoms with Gasteiger partial charge in [0.2, 0.25) is 5.91 Å². The SMILES string of the molecule is COc1c(Cl)cc(C(=O)O)cc1NC(C)=O. The van der Waals surface area contributed by atoms with Crippen molar-refractivity contribution in [3.63, 3.8) is 0 Å². The first-order valence-electron chi connectivity index (χ1n) is 4.34. The monoisotopic (exact) mass is 243 g/mol. The zero-order valence-corrected chi connectivity index (χ0v) is 9.46. The number of ether oxygens (including phenoxy) is 1. The topological polar surface area (TPSA) is 75.6 Å². The van der Waals surface area contributed by atoms with Crippen molar-refractivity contribution in [3.8, 4) is 5.75 Å². The number of carboxylic acid groups (broad SMARTS) is 1. The number of hydrogen-bond donors (Lipinski definition) is 2. The van der Waals surface area contributed by atoms with Crippen LogP contribution < -0.4 is 10.1 Å². The highest BCUT2D eigenvalue weighted by molar-refractivity contribution is 6.33. The van der Waals surface area contributed by atoms with E-state index in [-0.39, 0.29) is 27.9 Å². The van der Waals surface area contributed by atoms with Gasteiger partial charge >= 0.3 is 5.97 Å². The lowest BCUT2D eigenvalue weighted by Gasteiger charge is -2.11. The highest BCUT2D eigenvalue weighted by Gasteiger charge is 2.14. The molecule has 6 heteroatoms. The van der Waals surface area contributed by atoms with Crippen LogP contribution in [0.2, 0.25) is 5.02 Å². The first kappa shape index (κ1) is 12.3. The Kier molecular flexibility index (Phi) is 3.73. The number of carbonyl (C=O) groups excluding carboxylic acids is 1. The van der Waals surface area contributed by atoms with Gasteiger partial charge in [0.25, 0.3) is 0 Å². The molecule has 0 aliphatic rings. The second-order valence-electron chi connectivity index (χ2n) is 3.03. The molecule has 1 rings (SSSR count). The van der Waals surface area contributed by atoms with E-state index in [0.29, 0.717) is 0 Å². The molecule has 1 aromatic rings. The van der Waals surface area contributed by atoms with Crippen LogP contribution in [0.3, 0.4) is 0 Å². The summed E-state index contributed by atoms with van der Waals surface area (Å²) < 4.78 is 4.97. The molecular weight excluding hydrogens is 234 g/mol. The number of amides is 1. The van der Waals surface area contributed by atoms with Gasteiger partial charge < -0.3 is 15.2 Å². The fourth-order valence-corrected chi connectivity index (χ4v) is 1.50. The average Bonchev–Trinajstić information content (AvgIpc) is 2.16. The molecule has 2 N–H and O–H groups in total. The number of hydrogen-bond acceptors (Lipinski definition) is 3. The third kappa shape index (κ3) is 2.64. The predicted molar refractivity (Wildman–Crippen MR) is 59.3 cm³/mol. The molecule has 0 saturated carbocycles. The van der Waals surface area contributed by atoms with Gasteiger partial charge in [0, 0.05) is 6.92 Å². The smallest absolute Gasteiger partial charge is 0.335 e. The fraction of sp³-hybridized carbons (Fsp3) is 0.200. The van der Waals surface area contributed by atoms with Gasteiger partial charge in [-0.1, -0.05) is 11.6 Å². The minimum atomic E-state index is -1.13. The van der Waals surface area contributed by atoms with E-state index in [1.165, 1.54) is 26.2 Å². The summed E-state index contributed by atoms with van der Waals surface area (Å²) in [5.74, 6) is -1.23. The van der Waals surface area contributed by atoms with Gasteiger partial charge in [-0.2, -0.15) is 0 Å². The normalized spacial score (nSPS) is 9.69. The lowest BCUT2D eigenvalue weighted by Crippen LogP contribution is -2.09. The lowest BCUT2D eigenvalue weighted by atomic mass is 10.2. The number of carbonyl (C=O) groups is 2. The molecule has 0 unspecified atom stereocenters. The first-order chi connectivity index (χ1) is 7.45. The Morgan fingerprint density at radius 2 is 2.06 bits per heavy atom. The predicted octanol–water partition coefficient (Wildman–Crippen LogP) is 2.01. The van der Waals surface area contributed by atoms with Gasteiger partial charge in [0.15, 0.2) is 5.75 Å². The van der Waals surface area contributed by atoms with Crippen LogP contribution in [-0.2, 0) is 4.79 Å². The molecule has 0 aliphatic heterocycles. The van der Waals surface area contributed by atoms with Crippen LogP contribution >= 0.6 is 11.6 Å². The van der Waals surface area contributed by atoms with Crippen molar-refractivity contribution in [2.24, 2.45) is 0 Å². The second kappa shape index (κ2) is 4.85. The fourth-order valence-electron chi connectivity index (χ4n) is 1.21. The number of nitrogens with one attached hydrogen (secondary N) is 1. The zero-order chi connectivity index (χ0) is 12.3. The Labute approximate surface area is 97.0 Å². The highest BCUT2D eigenvalue weighted by atomic mass is 35.5. The molecule has 86 valence electrons. The molecule has 0 radical (unpaired) electrons. The van der Waals surface area contributed by atoms with Gasteiger partial charge in [0.05, 0.1) is 23.4 Å². The second-order valence-corrected chi connectivity index (χ2v) is 3.43. The molecule has 0 spiro atoms. The van der Waals surface area contributed by atoms with Crippen LogP contribution in [0.5, 0.6) is 5.75 Å². The van der Waals surface area contributed by atoms with Crippen molar-refractivity contribution in [1.29, 1.82) is 0 Å². The van der Waals surface area contributed by atoms with Crippen molar-refractivity contribution in [3.05, 3.63) is 22.7 Å². The maximum Gasteiger partial charge on any atom is 0.335 e. The van der Waals surface area contributed by atoms with E-state index in [2.05, 4.69) is 5.32 Å². The number of aromatic carboxylic acids is 1. The summed E-state index contributed by atoms with van der Waals surface area (Å²) >= 11 is 5.82. The van der Waals surface area contributed by atoms with Gasteiger partial charge in [-0.25, -0.2) is 4.79 Å². The molecule has 16 heavy (non-hydrogen) atoms. The van der Waals surface area contributed by atoms with Crippen LogP contribution in [0.15, 0.2) is 12.1 Å². The van der Waals surface area contributed by atoms with Crippen LogP contribution in [0.4, 0.5) is 5.69 Å². The molecule has 0 bridgehead atoms. The standard InChI is InChI=1S/C10H10ClNO4/c1-5(13)12-8-4-6(10(14)15)3-7(11)9(8)16-2/h3-4H,1-2H3,(H,12,13)(H,14,15). The molecule has 0 fully saturated rings. The third-order valence-corrected chi connectivity index (χ3v) is 2.09. The Morgan fingerprint density at radius 1 is 1.44 bits per heavy atom. The Hall–Kier alpha value is -1.75. The summed E-state index contributed by atoms with van der Waals surface area (Å²) in [5, 5.41) is 11.4. The van der Waals surface area contributed by atoms with E-state index >= 15 is 0 Å². The van der Waals surface area contributed by atoms with E-state index in [0.717, 1.165) is 0 Å². The molecule has 1 aromatic carbocycles. The summed E-state index contributed by atoms with van der Waals surface area (Å²) in [6.45, 7) is 1.31. The van der Waals surface area contributed by atoms with E-state index in [1.807, 2.05) is 0 Å². The minimum absolute atomic E-state index is 0.0189. The number of halogens is 1. The van der Waals surface area contributed by atoms with Crippen LogP contribution in [0, 0.1) is 0 Å². The quantitative estimate of drug-likeness (QED) is 0.851. The van der Waals surface area contributed by atoms with E-state index in [9.17, 15) is 9.59 Å². The van der Waals surface area contributed by atoms with Crippen molar-refractivity contribution < 1.29 is 19.4 Å². The average molecular weight is 244 g/mol. The van der Waals surface area contributed by atoms with Crippen molar-refractivity contribution in [2.75, 3.05) is 12.4 Å². The highest BCUT2D eigenvalue weighted by Crippen LogP contribution is 2.34. The Balaban J connectivity index is 3.30. The van der Waals surface area contributed by atoms with Gasteiger partial charge in [-0.3, -0.25) is 4.79 Å². The lowest BCUT2D eigenvalue weighted by molar-refractivity contribution is -0.114. The van der Waals surface area contributed by atoms with Crippen LogP contribution in [0.1, 0.15) is 17.3 Å². The number of carboxylic acids is 1. The number of anilines is 1. The molecule has 1 amide bonds. The largest absolute Gasteiger partial charge is 0.493 e. The Bertz CT molecular complexity index is 445. The molecule has 0 aliphatic carbocycles. The molecule has 0 heterocycles. The van der Waals surface area contributed by atoms with Crippen LogP contribution in [-0.4, -0.2) is 24.1 Å². The summed E-state index contributed by atoms with van der Waals surface area (Å²) in [7, 11) is 1.38. The van der Waals surface area contributed by atoms with E-state index in [1.54, 1.807) is 0 Å². The third-order valence-electron chi connectivity index (χ3n) is 1.81. The van der Waals surface area contributed by atoms with Crippen LogP contribution in [0.25, 0.3) is 0 Å². The van der Waals surface area contributed by atoms with Gasteiger partial charge in [-0.05, 0) is 12.1 Å². The van der Waals surface area contributed by atoms with E-state index in [4.69, 9.17) is 21.4 Å². The number of rotatable bonds is 3. The Morgan fingerprint density at radius 3 is 2.50 bits per heavy atom. The summed E-state index contributed by atoms with van der Waals surface area (Å²) in [6.07, 6.45) is 0. The van der Waals surface area contributed by atoms with Crippen molar-refractivity contribution >= 4 is 29.2 Å².